The third-order valence-corrected chi connectivity index (χ3v) is 4.29. The lowest BCUT2D eigenvalue weighted by atomic mass is 10.1. The molecule has 2 aromatic carbocycles. The summed E-state index contributed by atoms with van der Waals surface area (Å²) < 4.78 is 4.65. The van der Waals surface area contributed by atoms with Gasteiger partial charge in [0.2, 0.25) is 0 Å². The van der Waals surface area contributed by atoms with Crippen molar-refractivity contribution in [1.82, 2.24) is 8.97 Å². The fourth-order valence-corrected chi connectivity index (χ4v) is 3.36. The van der Waals surface area contributed by atoms with Crippen molar-refractivity contribution in [3.63, 3.8) is 0 Å². The molecule has 0 saturated heterocycles. The predicted molar refractivity (Wildman–Crippen MR) is 88.4 cm³/mol. The van der Waals surface area contributed by atoms with Gasteiger partial charge in [0.15, 0.2) is 0 Å². The van der Waals surface area contributed by atoms with Crippen LogP contribution in [0.15, 0.2) is 54.7 Å². The Balaban J connectivity index is 2.15. The van der Waals surface area contributed by atoms with E-state index in [9.17, 15) is 0 Å². The number of nitrogens with zero attached hydrogens (tertiary/aromatic N) is 2. The molecule has 0 spiro atoms. The average molecular weight is 274 g/mol. The van der Waals surface area contributed by atoms with Crippen LogP contribution in [0.1, 0.15) is 16.8 Å². The third-order valence-electron chi connectivity index (χ3n) is 4.29. The van der Waals surface area contributed by atoms with Crippen molar-refractivity contribution < 1.29 is 0 Å². The van der Waals surface area contributed by atoms with E-state index in [1.54, 1.807) is 0 Å². The SMILES string of the molecule is Cc1cccc(C)c1-n1cc(C)n2c3ccccc3cc12. The van der Waals surface area contributed by atoms with Gasteiger partial charge in [0.05, 0.1) is 11.2 Å². The third kappa shape index (κ3) is 1.65. The summed E-state index contributed by atoms with van der Waals surface area (Å²) >= 11 is 0. The van der Waals surface area contributed by atoms with Gasteiger partial charge in [-0.05, 0) is 44.0 Å². The van der Waals surface area contributed by atoms with Crippen molar-refractivity contribution in [2.24, 2.45) is 0 Å². The maximum atomic E-state index is 2.33. The molecule has 0 bridgehead atoms. The summed E-state index contributed by atoms with van der Waals surface area (Å²) in [7, 11) is 0. The van der Waals surface area contributed by atoms with Gasteiger partial charge in [-0.1, -0.05) is 36.4 Å². The Labute approximate surface area is 124 Å². The molecule has 4 rings (SSSR count). The summed E-state index contributed by atoms with van der Waals surface area (Å²) in [4.78, 5) is 0. The second-order valence-electron chi connectivity index (χ2n) is 5.78. The molecule has 0 aliphatic rings. The first kappa shape index (κ1) is 12.3. The number of fused-ring (bicyclic) bond motifs is 3. The number of hydrogen-bond donors (Lipinski definition) is 0. The van der Waals surface area contributed by atoms with Crippen LogP contribution in [0.4, 0.5) is 0 Å². The largest absolute Gasteiger partial charge is 0.301 e. The first-order valence-corrected chi connectivity index (χ1v) is 7.31. The molecule has 0 N–H and O–H groups in total. The zero-order valence-corrected chi connectivity index (χ0v) is 12.6. The van der Waals surface area contributed by atoms with E-state index in [0.29, 0.717) is 0 Å². The molecule has 0 fully saturated rings. The second-order valence-corrected chi connectivity index (χ2v) is 5.78. The van der Waals surface area contributed by atoms with Crippen LogP contribution < -0.4 is 0 Å². The molecule has 21 heavy (non-hydrogen) atoms. The number of rotatable bonds is 1. The van der Waals surface area contributed by atoms with Crippen molar-refractivity contribution in [3.8, 4) is 5.69 Å². The Kier molecular flexibility index (Phi) is 2.49. The highest BCUT2D eigenvalue weighted by Gasteiger charge is 2.13. The molecule has 2 nitrogen and oxygen atoms in total. The monoisotopic (exact) mass is 274 g/mol. The fraction of sp³-hybridized carbons (Fsp3) is 0.158. The lowest BCUT2D eigenvalue weighted by Gasteiger charge is -2.11. The van der Waals surface area contributed by atoms with E-state index >= 15 is 0 Å². The Morgan fingerprint density at radius 2 is 1.52 bits per heavy atom. The normalized spacial score (nSPS) is 11.6. The Hall–Kier alpha value is -2.48. The van der Waals surface area contributed by atoms with Crippen molar-refractivity contribution in [1.29, 1.82) is 0 Å². The molecule has 104 valence electrons. The van der Waals surface area contributed by atoms with E-state index in [-0.39, 0.29) is 0 Å². The molecule has 0 saturated carbocycles. The minimum atomic E-state index is 1.23. The van der Waals surface area contributed by atoms with Gasteiger partial charge in [-0.3, -0.25) is 4.40 Å². The lowest BCUT2D eigenvalue weighted by molar-refractivity contribution is 1.07. The minimum Gasteiger partial charge on any atom is -0.301 e. The van der Waals surface area contributed by atoms with Crippen molar-refractivity contribution in [2.45, 2.75) is 20.8 Å². The Bertz CT molecular complexity index is 950. The van der Waals surface area contributed by atoms with Crippen molar-refractivity contribution in [3.05, 3.63) is 71.5 Å². The van der Waals surface area contributed by atoms with Gasteiger partial charge in [-0.15, -0.1) is 0 Å². The van der Waals surface area contributed by atoms with Crippen LogP contribution in [-0.2, 0) is 0 Å². The van der Waals surface area contributed by atoms with E-state index < -0.39 is 0 Å². The summed E-state index contributed by atoms with van der Waals surface area (Å²) in [5.74, 6) is 0. The number of hydrogen-bond acceptors (Lipinski definition) is 0. The van der Waals surface area contributed by atoms with Crippen LogP contribution in [0.3, 0.4) is 0 Å². The molecular weight excluding hydrogens is 256 g/mol. The zero-order valence-electron chi connectivity index (χ0n) is 12.6. The van der Waals surface area contributed by atoms with E-state index in [4.69, 9.17) is 0 Å². The molecule has 2 aromatic heterocycles. The van der Waals surface area contributed by atoms with E-state index in [0.717, 1.165) is 0 Å². The highest BCUT2D eigenvalue weighted by molar-refractivity contribution is 5.87. The van der Waals surface area contributed by atoms with Crippen LogP contribution in [0.5, 0.6) is 0 Å². The maximum Gasteiger partial charge on any atom is 0.122 e. The first-order chi connectivity index (χ1) is 10.2. The molecule has 4 aromatic rings. The molecular formula is C19H18N2. The van der Waals surface area contributed by atoms with Gasteiger partial charge >= 0.3 is 0 Å². The van der Waals surface area contributed by atoms with Gasteiger partial charge < -0.3 is 4.57 Å². The van der Waals surface area contributed by atoms with Crippen LogP contribution in [-0.4, -0.2) is 8.97 Å². The van der Waals surface area contributed by atoms with E-state index in [1.807, 2.05) is 0 Å². The van der Waals surface area contributed by atoms with Crippen LogP contribution in [0, 0.1) is 20.8 Å². The Morgan fingerprint density at radius 1 is 0.810 bits per heavy atom. The number of imidazole rings is 1. The van der Waals surface area contributed by atoms with Gasteiger partial charge in [-0.2, -0.15) is 0 Å². The summed E-state index contributed by atoms with van der Waals surface area (Å²) in [6.07, 6.45) is 2.23. The summed E-state index contributed by atoms with van der Waals surface area (Å²) in [5, 5.41) is 1.29. The number of para-hydroxylation sites is 2. The highest BCUT2D eigenvalue weighted by atomic mass is 15.1. The van der Waals surface area contributed by atoms with Gasteiger partial charge in [0.25, 0.3) is 0 Å². The minimum absolute atomic E-state index is 1.23. The standard InChI is InChI=1S/C19H18N2/c1-13-7-6-8-14(2)19(13)20-12-15(3)21-17-10-5-4-9-16(17)11-18(20)21/h4-12H,1-3H3. The number of benzene rings is 2. The molecule has 0 atom stereocenters. The maximum absolute atomic E-state index is 2.33. The summed E-state index contributed by atoms with van der Waals surface area (Å²) in [6.45, 7) is 6.52. The molecule has 2 heterocycles. The zero-order chi connectivity index (χ0) is 14.6. The lowest BCUT2D eigenvalue weighted by Crippen LogP contribution is -1.98. The number of aromatic nitrogens is 2. The van der Waals surface area contributed by atoms with Crippen molar-refractivity contribution >= 4 is 16.6 Å². The fourth-order valence-electron chi connectivity index (χ4n) is 3.36. The van der Waals surface area contributed by atoms with Crippen molar-refractivity contribution in [2.75, 3.05) is 0 Å². The van der Waals surface area contributed by atoms with Crippen LogP contribution >= 0.6 is 0 Å². The highest BCUT2D eigenvalue weighted by Crippen LogP contribution is 2.28. The van der Waals surface area contributed by atoms with E-state index in [2.05, 4.69) is 84.5 Å². The predicted octanol–water partition coefficient (Wildman–Crippen LogP) is 4.81. The average Bonchev–Trinajstić information content (AvgIpc) is 2.98. The van der Waals surface area contributed by atoms with Crippen LogP contribution in [0.25, 0.3) is 22.2 Å². The molecule has 0 unspecified atom stereocenters. The summed E-state index contributed by atoms with van der Waals surface area (Å²) in [5.41, 5.74) is 7.66. The second kappa shape index (κ2) is 4.26. The van der Waals surface area contributed by atoms with Gasteiger partial charge in [0, 0.05) is 17.3 Å². The first-order valence-electron chi connectivity index (χ1n) is 7.31. The molecule has 0 amide bonds. The molecule has 0 aliphatic heterocycles. The molecule has 2 heteroatoms. The number of aryl methyl sites for hydroxylation is 3. The quantitative estimate of drug-likeness (QED) is 0.471. The smallest absolute Gasteiger partial charge is 0.122 e. The molecule has 0 aliphatic carbocycles. The van der Waals surface area contributed by atoms with Crippen LogP contribution in [0.2, 0.25) is 0 Å². The Morgan fingerprint density at radius 3 is 2.29 bits per heavy atom. The molecule has 0 radical (unpaired) electrons. The van der Waals surface area contributed by atoms with E-state index in [1.165, 1.54) is 39.1 Å². The van der Waals surface area contributed by atoms with Gasteiger partial charge in [0.1, 0.15) is 5.65 Å². The summed E-state index contributed by atoms with van der Waals surface area (Å²) in [6, 6.07) is 17.3. The topological polar surface area (TPSA) is 9.34 Å². The van der Waals surface area contributed by atoms with Gasteiger partial charge in [-0.25, -0.2) is 0 Å².